The van der Waals surface area contributed by atoms with Gasteiger partial charge in [0.2, 0.25) is 5.78 Å². The SMILES string of the molecule is CCOC(=O)Cc1ccc(C(=O)c2ccccc2Cl)n1C. The van der Waals surface area contributed by atoms with E-state index in [9.17, 15) is 9.59 Å². The Morgan fingerprint density at radius 3 is 2.57 bits per heavy atom. The fourth-order valence-corrected chi connectivity index (χ4v) is 2.32. The summed E-state index contributed by atoms with van der Waals surface area (Å²) in [5.41, 5.74) is 1.66. The van der Waals surface area contributed by atoms with Crippen molar-refractivity contribution in [3.05, 3.63) is 58.4 Å². The lowest BCUT2D eigenvalue weighted by atomic mass is 10.1. The van der Waals surface area contributed by atoms with E-state index in [1.54, 1.807) is 54.9 Å². The van der Waals surface area contributed by atoms with Gasteiger partial charge in [-0.1, -0.05) is 23.7 Å². The summed E-state index contributed by atoms with van der Waals surface area (Å²) in [6.07, 6.45) is 0.139. The molecule has 5 heteroatoms. The van der Waals surface area contributed by atoms with Crippen LogP contribution in [0.15, 0.2) is 36.4 Å². The maximum absolute atomic E-state index is 12.5. The van der Waals surface area contributed by atoms with E-state index in [4.69, 9.17) is 16.3 Å². The van der Waals surface area contributed by atoms with Gasteiger partial charge in [-0.3, -0.25) is 9.59 Å². The number of carbonyl (C=O) groups excluding carboxylic acids is 2. The molecule has 0 aliphatic heterocycles. The summed E-state index contributed by atoms with van der Waals surface area (Å²) in [6, 6.07) is 10.3. The number of hydrogen-bond donors (Lipinski definition) is 0. The molecule has 1 heterocycles. The predicted octanol–water partition coefficient (Wildman–Crippen LogP) is 3.02. The van der Waals surface area contributed by atoms with Crippen LogP contribution in [-0.4, -0.2) is 22.9 Å². The van der Waals surface area contributed by atoms with Gasteiger partial charge in [-0.25, -0.2) is 0 Å². The standard InChI is InChI=1S/C16H16ClNO3/c1-3-21-15(19)10-11-8-9-14(18(11)2)16(20)12-6-4-5-7-13(12)17/h4-9H,3,10H2,1-2H3. The number of ether oxygens (including phenoxy) is 1. The molecule has 0 saturated heterocycles. The topological polar surface area (TPSA) is 48.3 Å². The van der Waals surface area contributed by atoms with Crippen molar-refractivity contribution in [1.82, 2.24) is 4.57 Å². The van der Waals surface area contributed by atoms with Gasteiger partial charge in [0, 0.05) is 18.3 Å². The van der Waals surface area contributed by atoms with Gasteiger partial charge in [0.05, 0.1) is 23.7 Å². The summed E-state index contributed by atoms with van der Waals surface area (Å²) in [4.78, 5) is 24.0. The first-order valence-corrected chi connectivity index (χ1v) is 7.01. The molecule has 2 rings (SSSR count). The Labute approximate surface area is 128 Å². The van der Waals surface area contributed by atoms with Crippen LogP contribution in [0, 0.1) is 0 Å². The van der Waals surface area contributed by atoms with Crippen LogP contribution in [0.2, 0.25) is 5.02 Å². The Kier molecular flexibility index (Phi) is 4.81. The molecule has 21 heavy (non-hydrogen) atoms. The Hall–Kier alpha value is -2.07. The van der Waals surface area contributed by atoms with Gasteiger partial charge >= 0.3 is 5.97 Å². The summed E-state index contributed by atoms with van der Waals surface area (Å²) in [7, 11) is 1.75. The van der Waals surface area contributed by atoms with Crippen molar-refractivity contribution in [1.29, 1.82) is 0 Å². The largest absolute Gasteiger partial charge is 0.466 e. The van der Waals surface area contributed by atoms with E-state index in [2.05, 4.69) is 0 Å². The molecule has 0 amide bonds. The molecule has 0 radical (unpaired) electrons. The summed E-state index contributed by atoms with van der Waals surface area (Å²) >= 11 is 6.05. The number of nitrogens with zero attached hydrogens (tertiary/aromatic N) is 1. The van der Waals surface area contributed by atoms with Crippen LogP contribution in [0.4, 0.5) is 0 Å². The quantitative estimate of drug-likeness (QED) is 0.630. The minimum atomic E-state index is -0.310. The number of rotatable bonds is 5. The summed E-state index contributed by atoms with van der Waals surface area (Å²) in [5, 5.41) is 0.413. The molecule has 0 bridgehead atoms. The van der Waals surface area contributed by atoms with E-state index < -0.39 is 0 Å². The number of hydrogen-bond acceptors (Lipinski definition) is 3. The van der Waals surface area contributed by atoms with Crippen LogP contribution in [-0.2, 0) is 23.0 Å². The zero-order valence-corrected chi connectivity index (χ0v) is 12.7. The maximum atomic E-state index is 12.5. The van der Waals surface area contributed by atoms with Crippen molar-refractivity contribution in [2.45, 2.75) is 13.3 Å². The van der Waals surface area contributed by atoms with Gasteiger partial charge in [-0.05, 0) is 31.2 Å². The van der Waals surface area contributed by atoms with Crippen molar-refractivity contribution < 1.29 is 14.3 Å². The Morgan fingerprint density at radius 1 is 1.19 bits per heavy atom. The van der Waals surface area contributed by atoms with Gasteiger partial charge in [0.25, 0.3) is 0 Å². The van der Waals surface area contributed by atoms with Gasteiger partial charge in [0.1, 0.15) is 0 Å². The fraction of sp³-hybridized carbons (Fsp3) is 0.250. The molecule has 0 atom stereocenters. The molecule has 2 aromatic rings. The number of halogens is 1. The fourth-order valence-electron chi connectivity index (χ4n) is 2.10. The third-order valence-corrected chi connectivity index (χ3v) is 3.54. The van der Waals surface area contributed by atoms with E-state index in [-0.39, 0.29) is 18.2 Å². The van der Waals surface area contributed by atoms with Crippen molar-refractivity contribution in [3.63, 3.8) is 0 Å². The van der Waals surface area contributed by atoms with Crippen LogP contribution in [0.3, 0.4) is 0 Å². The number of esters is 1. The van der Waals surface area contributed by atoms with Crippen LogP contribution >= 0.6 is 11.6 Å². The second kappa shape index (κ2) is 6.59. The first kappa shape index (κ1) is 15.3. The third-order valence-electron chi connectivity index (χ3n) is 3.21. The highest BCUT2D eigenvalue weighted by Gasteiger charge is 2.18. The van der Waals surface area contributed by atoms with Crippen molar-refractivity contribution in [2.75, 3.05) is 6.61 Å². The number of ketones is 1. The molecular weight excluding hydrogens is 290 g/mol. The highest BCUT2D eigenvalue weighted by atomic mass is 35.5. The van der Waals surface area contributed by atoms with E-state index in [1.807, 2.05) is 0 Å². The van der Waals surface area contributed by atoms with Gasteiger partial charge < -0.3 is 9.30 Å². The van der Waals surface area contributed by atoms with Crippen LogP contribution in [0.5, 0.6) is 0 Å². The van der Waals surface area contributed by atoms with E-state index in [0.717, 1.165) is 5.69 Å². The monoisotopic (exact) mass is 305 g/mol. The lowest BCUT2D eigenvalue weighted by Crippen LogP contribution is -2.13. The molecule has 110 valence electrons. The van der Waals surface area contributed by atoms with Crippen molar-refractivity contribution in [2.24, 2.45) is 7.05 Å². The number of carbonyl (C=O) groups is 2. The molecule has 0 spiro atoms. The van der Waals surface area contributed by atoms with E-state index >= 15 is 0 Å². The summed E-state index contributed by atoms with van der Waals surface area (Å²) in [6.45, 7) is 2.10. The Bertz CT molecular complexity index is 676. The molecule has 0 aliphatic carbocycles. The van der Waals surface area contributed by atoms with E-state index in [1.165, 1.54) is 0 Å². The number of benzene rings is 1. The highest BCUT2D eigenvalue weighted by Crippen LogP contribution is 2.20. The zero-order valence-electron chi connectivity index (χ0n) is 11.9. The van der Waals surface area contributed by atoms with Crippen LogP contribution < -0.4 is 0 Å². The molecule has 0 aliphatic rings. The molecule has 0 fully saturated rings. The minimum Gasteiger partial charge on any atom is -0.466 e. The third kappa shape index (κ3) is 3.34. The van der Waals surface area contributed by atoms with Gasteiger partial charge in [-0.15, -0.1) is 0 Å². The van der Waals surface area contributed by atoms with E-state index in [0.29, 0.717) is 22.9 Å². The minimum absolute atomic E-state index is 0.139. The highest BCUT2D eigenvalue weighted by molar-refractivity contribution is 6.34. The van der Waals surface area contributed by atoms with Gasteiger partial charge in [0.15, 0.2) is 0 Å². The Morgan fingerprint density at radius 2 is 1.90 bits per heavy atom. The first-order chi connectivity index (χ1) is 10.0. The predicted molar refractivity (Wildman–Crippen MR) is 80.6 cm³/mol. The van der Waals surface area contributed by atoms with Crippen LogP contribution in [0.1, 0.15) is 28.7 Å². The average molecular weight is 306 g/mol. The lowest BCUT2D eigenvalue weighted by molar-refractivity contribution is -0.142. The summed E-state index contributed by atoms with van der Waals surface area (Å²) < 4.78 is 6.61. The van der Waals surface area contributed by atoms with Gasteiger partial charge in [-0.2, -0.15) is 0 Å². The molecule has 1 aromatic heterocycles. The molecule has 4 nitrogen and oxygen atoms in total. The second-order valence-corrected chi connectivity index (χ2v) is 4.97. The first-order valence-electron chi connectivity index (χ1n) is 6.64. The molecular formula is C16H16ClNO3. The lowest BCUT2D eigenvalue weighted by Gasteiger charge is -2.08. The average Bonchev–Trinajstić information content (AvgIpc) is 2.80. The van der Waals surface area contributed by atoms with Crippen LogP contribution in [0.25, 0.3) is 0 Å². The smallest absolute Gasteiger partial charge is 0.311 e. The Balaban J connectivity index is 2.26. The molecule has 0 N–H and O–H groups in total. The maximum Gasteiger partial charge on any atom is 0.311 e. The van der Waals surface area contributed by atoms with Crippen molar-refractivity contribution >= 4 is 23.4 Å². The number of aromatic nitrogens is 1. The van der Waals surface area contributed by atoms with Crippen molar-refractivity contribution in [3.8, 4) is 0 Å². The summed E-state index contributed by atoms with van der Waals surface area (Å²) in [5.74, 6) is -0.478. The molecule has 0 unspecified atom stereocenters. The molecule has 1 aromatic carbocycles. The normalized spacial score (nSPS) is 10.4. The second-order valence-electron chi connectivity index (χ2n) is 4.56. The molecule has 0 saturated carbocycles. The zero-order chi connectivity index (χ0) is 15.4.